The average Bonchev–Trinajstić information content (AvgIpc) is 2.33. The Bertz CT molecular complexity index is 215. The van der Waals surface area contributed by atoms with E-state index in [2.05, 4.69) is 33.4 Å². The van der Waals surface area contributed by atoms with Gasteiger partial charge in [0.05, 0.1) is 6.61 Å². The summed E-state index contributed by atoms with van der Waals surface area (Å²) in [5, 5.41) is 0. The van der Waals surface area contributed by atoms with Crippen molar-refractivity contribution in [3.8, 4) is 0 Å². The van der Waals surface area contributed by atoms with Crippen molar-refractivity contribution in [1.29, 1.82) is 0 Å². The molecule has 0 aliphatic heterocycles. The summed E-state index contributed by atoms with van der Waals surface area (Å²) in [6.07, 6.45) is 9.61. The van der Waals surface area contributed by atoms with Crippen LogP contribution in [0.2, 0.25) is 0 Å². The van der Waals surface area contributed by atoms with Gasteiger partial charge in [-0.3, -0.25) is 4.79 Å². The van der Waals surface area contributed by atoms with Crippen molar-refractivity contribution in [2.24, 2.45) is 0 Å². The first kappa shape index (κ1) is 17.8. The number of ether oxygens (including phenoxy) is 1. The number of thiol groups is 1. The fraction of sp³-hybridized carbons (Fsp3) is 0.933. The summed E-state index contributed by atoms with van der Waals surface area (Å²) in [6, 6.07) is 0. The van der Waals surface area contributed by atoms with E-state index in [-0.39, 0.29) is 10.7 Å². The van der Waals surface area contributed by atoms with Crippen molar-refractivity contribution in [2.45, 2.75) is 83.3 Å². The van der Waals surface area contributed by atoms with Crippen molar-refractivity contribution >= 4 is 18.6 Å². The molecule has 108 valence electrons. The van der Waals surface area contributed by atoms with Gasteiger partial charge >= 0.3 is 5.97 Å². The highest BCUT2D eigenvalue weighted by Crippen LogP contribution is 2.22. The van der Waals surface area contributed by atoms with E-state index in [4.69, 9.17) is 4.74 Å². The molecule has 0 N–H and O–H groups in total. The summed E-state index contributed by atoms with van der Waals surface area (Å²) in [5.41, 5.74) is 0. The Balaban J connectivity index is 3.38. The van der Waals surface area contributed by atoms with E-state index >= 15 is 0 Å². The molecule has 2 nitrogen and oxygen atoms in total. The highest BCUT2D eigenvalue weighted by molar-refractivity contribution is 7.81. The van der Waals surface area contributed by atoms with Gasteiger partial charge in [-0.2, -0.15) is 12.6 Å². The predicted octanol–water partition coefficient (Wildman–Crippen LogP) is 4.77. The minimum Gasteiger partial charge on any atom is -0.466 e. The molecule has 0 rings (SSSR count). The lowest BCUT2D eigenvalue weighted by molar-refractivity contribution is -0.144. The Hall–Kier alpha value is -0.180. The molecule has 0 spiro atoms. The van der Waals surface area contributed by atoms with Crippen molar-refractivity contribution in [3.05, 3.63) is 0 Å². The van der Waals surface area contributed by atoms with E-state index in [1.807, 2.05) is 0 Å². The normalized spacial score (nSPS) is 14.2. The minimum absolute atomic E-state index is 0.0135. The summed E-state index contributed by atoms with van der Waals surface area (Å²) in [6.45, 7) is 6.90. The molecular weight excluding hydrogens is 244 g/mol. The van der Waals surface area contributed by atoms with Gasteiger partial charge in [-0.05, 0) is 19.3 Å². The van der Waals surface area contributed by atoms with Crippen LogP contribution in [-0.4, -0.2) is 17.3 Å². The van der Waals surface area contributed by atoms with Crippen molar-refractivity contribution in [1.82, 2.24) is 0 Å². The molecule has 0 bridgehead atoms. The van der Waals surface area contributed by atoms with Crippen molar-refractivity contribution < 1.29 is 9.53 Å². The van der Waals surface area contributed by atoms with Crippen LogP contribution in [0.15, 0.2) is 0 Å². The van der Waals surface area contributed by atoms with Gasteiger partial charge in [0.1, 0.15) is 0 Å². The van der Waals surface area contributed by atoms with E-state index in [0.29, 0.717) is 13.0 Å². The molecule has 1 atom stereocenters. The van der Waals surface area contributed by atoms with Gasteiger partial charge in [0, 0.05) is 11.2 Å². The monoisotopic (exact) mass is 274 g/mol. The Kier molecular flexibility index (Phi) is 10.6. The van der Waals surface area contributed by atoms with Crippen LogP contribution in [0.5, 0.6) is 0 Å². The lowest BCUT2D eigenvalue weighted by Gasteiger charge is -2.20. The van der Waals surface area contributed by atoms with E-state index in [1.165, 1.54) is 25.7 Å². The van der Waals surface area contributed by atoms with Crippen LogP contribution in [0.4, 0.5) is 0 Å². The largest absolute Gasteiger partial charge is 0.466 e. The number of hydrogen-bond acceptors (Lipinski definition) is 3. The Morgan fingerprint density at radius 2 is 1.72 bits per heavy atom. The van der Waals surface area contributed by atoms with Crippen LogP contribution in [0, 0.1) is 0 Å². The number of carbonyl (C=O) groups excluding carboxylic acids is 1. The van der Waals surface area contributed by atoms with E-state index in [9.17, 15) is 4.79 Å². The standard InChI is InChI=1S/C15H30O2S/c1-4-6-7-8-9-10-11-14(16)17-13-12-15(3,18)5-2/h18H,4-13H2,1-3H3. The maximum absolute atomic E-state index is 11.5. The second kappa shape index (κ2) is 10.7. The zero-order valence-corrected chi connectivity index (χ0v) is 13.2. The van der Waals surface area contributed by atoms with Crippen LogP contribution < -0.4 is 0 Å². The first-order valence-electron chi connectivity index (χ1n) is 7.40. The molecular formula is C15H30O2S. The molecule has 0 saturated carbocycles. The average molecular weight is 274 g/mol. The predicted molar refractivity (Wildman–Crippen MR) is 81.3 cm³/mol. The number of hydrogen-bond donors (Lipinski definition) is 1. The lowest BCUT2D eigenvalue weighted by atomic mass is 10.0. The van der Waals surface area contributed by atoms with E-state index in [1.54, 1.807) is 0 Å². The van der Waals surface area contributed by atoms with Gasteiger partial charge in [0.15, 0.2) is 0 Å². The molecule has 0 radical (unpaired) electrons. The fourth-order valence-corrected chi connectivity index (χ4v) is 1.77. The number of rotatable bonds is 11. The smallest absolute Gasteiger partial charge is 0.305 e. The van der Waals surface area contributed by atoms with Gasteiger partial charge in [-0.25, -0.2) is 0 Å². The number of carbonyl (C=O) groups is 1. The third-order valence-electron chi connectivity index (χ3n) is 3.40. The molecule has 0 aliphatic carbocycles. The number of esters is 1. The van der Waals surface area contributed by atoms with Crippen LogP contribution >= 0.6 is 12.6 Å². The van der Waals surface area contributed by atoms with E-state index in [0.717, 1.165) is 25.7 Å². The summed E-state index contributed by atoms with van der Waals surface area (Å²) in [4.78, 5) is 11.5. The Morgan fingerprint density at radius 3 is 2.33 bits per heavy atom. The van der Waals surface area contributed by atoms with Crippen molar-refractivity contribution in [2.75, 3.05) is 6.61 Å². The molecule has 3 heteroatoms. The molecule has 0 saturated heterocycles. The van der Waals surface area contributed by atoms with Gasteiger partial charge in [-0.1, -0.05) is 52.9 Å². The zero-order chi connectivity index (χ0) is 13.9. The first-order chi connectivity index (χ1) is 8.52. The van der Waals surface area contributed by atoms with Gasteiger partial charge < -0.3 is 4.74 Å². The lowest BCUT2D eigenvalue weighted by Crippen LogP contribution is -2.19. The maximum Gasteiger partial charge on any atom is 0.305 e. The second-order valence-electron chi connectivity index (χ2n) is 5.34. The van der Waals surface area contributed by atoms with E-state index < -0.39 is 0 Å². The maximum atomic E-state index is 11.5. The Morgan fingerprint density at radius 1 is 1.11 bits per heavy atom. The Labute approximate surface area is 118 Å². The summed E-state index contributed by atoms with van der Waals surface area (Å²) in [7, 11) is 0. The molecule has 0 aromatic heterocycles. The SMILES string of the molecule is CCCCCCCCC(=O)OCCC(C)(S)CC. The molecule has 0 aromatic carbocycles. The molecule has 0 aromatic rings. The highest BCUT2D eigenvalue weighted by atomic mass is 32.1. The van der Waals surface area contributed by atoms with Crippen molar-refractivity contribution in [3.63, 3.8) is 0 Å². The quantitative estimate of drug-likeness (QED) is 0.334. The first-order valence-corrected chi connectivity index (χ1v) is 7.84. The van der Waals surface area contributed by atoms with Gasteiger partial charge in [0.25, 0.3) is 0 Å². The number of unbranched alkanes of at least 4 members (excludes halogenated alkanes) is 5. The summed E-state index contributed by atoms with van der Waals surface area (Å²) >= 11 is 4.52. The summed E-state index contributed by atoms with van der Waals surface area (Å²) < 4.78 is 5.21. The van der Waals surface area contributed by atoms with Crippen LogP contribution in [-0.2, 0) is 9.53 Å². The third-order valence-corrected chi connectivity index (χ3v) is 3.94. The second-order valence-corrected chi connectivity index (χ2v) is 6.42. The van der Waals surface area contributed by atoms with Gasteiger partial charge in [0.2, 0.25) is 0 Å². The molecule has 0 aliphatic rings. The molecule has 0 fully saturated rings. The molecule has 18 heavy (non-hydrogen) atoms. The van der Waals surface area contributed by atoms with Crippen LogP contribution in [0.25, 0.3) is 0 Å². The minimum atomic E-state index is -0.0503. The topological polar surface area (TPSA) is 26.3 Å². The third kappa shape index (κ3) is 10.9. The summed E-state index contributed by atoms with van der Waals surface area (Å²) in [5.74, 6) is -0.0503. The molecule has 0 amide bonds. The fourth-order valence-electron chi connectivity index (χ4n) is 1.68. The zero-order valence-electron chi connectivity index (χ0n) is 12.3. The molecule has 1 unspecified atom stereocenters. The molecule has 0 heterocycles. The highest BCUT2D eigenvalue weighted by Gasteiger charge is 2.16. The van der Waals surface area contributed by atoms with Crippen LogP contribution in [0.1, 0.15) is 78.6 Å². The van der Waals surface area contributed by atoms with Crippen LogP contribution in [0.3, 0.4) is 0 Å². The van der Waals surface area contributed by atoms with Gasteiger partial charge in [-0.15, -0.1) is 0 Å².